The summed E-state index contributed by atoms with van der Waals surface area (Å²) < 4.78 is 26.0. The van der Waals surface area contributed by atoms with Gasteiger partial charge in [0, 0.05) is 25.1 Å². The Morgan fingerprint density at radius 1 is 1.07 bits per heavy atom. The molecule has 0 bridgehead atoms. The minimum Gasteiger partial charge on any atom is -0.497 e. The second kappa shape index (κ2) is 8.50. The summed E-state index contributed by atoms with van der Waals surface area (Å²) in [6.45, 7) is 4.59. The first kappa shape index (κ1) is 19.2. The third-order valence-electron chi connectivity index (χ3n) is 5.95. The van der Waals surface area contributed by atoms with E-state index in [1.807, 2.05) is 18.2 Å². The maximum absolute atomic E-state index is 14.7. The summed E-state index contributed by atoms with van der Waals surface area (Å²) in [5.41, 5.74) is 3.13. The summed E-state index contributed by atoms with van der Waals surface area (Å²) in [4.78, 5) is 2.24. The van der Waals surface area contributed by atoms with Crippen molar-refractivity contribution in [2.24, 2.45) is 5.92 Å². The molecule has 1 unspecified atom stereocenters. The molecule has 0 spiro atoms. The lowest BCUT2D eigenvalue weighted by atomic mass is 9.84. The van der Waals surface area contributed by atoms with Crippen LogP contribution in [-0.2, 0) is 6.54 Å². The maximum Gasteiger partial charge on any atom is 0.130 e. The minimum absolute atomic E-state index is 0.0122. The molecule has 28 heavy (non-hydrogen) atoms. The summed E-state index contributed by atoms with van der Waals surface area (Å²) in [6.07, 6.45) is 2.35. The maximum atomic E-state index is 14.7. The van der Waals surface area contributed by atoms with Crippen molar-refractivity contribution in [1.82, 2.24) is 10.2 Å². The number of rotatable bonds is 5. The summed E-state index contributed by atoms with van der Waals surface area (Å²) in [5.74, 6) is 1.89. The lowest BCUT2D eigenvalue weighted by molar-refractivity contribution is 0.214. The summed E-state index contributed by atoms with van der Waals surface area (Å²) >= 11 is 0. The molecule has 0 saturated carbocycles. The molecule has 1 saturated heterocycles. The summed E-state index contributed by atoms with van der Waals surface area (Å²) in [7, 11) is 3.64. The molecule has 0 radical (unpaired) electrons. The highest BCUT2D eigenvalue weighted by molar-refractivity contribution is 5.45. The van der Waals surface area contributed by atoms with Crippen LogP contribution in [0.1, 0.15) is 35.4 Å². The Morgan fingerprint density at radius 3 is 2.57 bits per heavy atom. The number of benzene rings is 2. The van der Waals surface area contributed by atoms with Gasteiger partial charge < -0.3 is 19.7 Å². The smallest absolute Gasteiger partial charge is 0.130 e. The fourth-order valence-electron chi connectivity index (χ4n) is 4.36. The normalized spacial score (nSPS) is 20.6. The SMILES string of the molecule is COc1ccc(C2CN(C)Cc3cc(OCC4CCNCC4)ccc32)c(F)c1. The fraction of sp³-hybridized carbons (Fsp3) is 0.478. The molecule has 2 aromatic carbocycles. The number of fused-ring (bicyclic) bond motifs is 1. The predicted octanol–water partition coefficient (Wildman–Crippen LogP) is 3.79. The molecule has 2 aliphatic heterocycles. The van der Waals surface area contributed by atoms with Crippen LogP contribution in [0.5, 0.6) is 11.5 Å². The summed E-state index contributed by atoms with van der Waals surface area (Å²) in [6, 6.07) is 11.5. The number of nitrogens with one attached hydrogen (secondary N) is 1. The molecule has 2 heterocycles. The summed E-state index contributed by atoms with van der Waals surface area (Å²) in [5, 5.41) is 3.39. The number of piperidine rings is 1. The second-order valence-corrected chi connectivity index (χ2v) is 8.00. The van der Waals surface area contributed by atoms with E-state index in [0.29, 0.717) is 11.7 Å². The Balaban J connectivity index is 1.55. The van der Waals surface area contributed by atoms with E-state index < -0.39 is 0 Å². The Labute approximate surface area is 166 Å². The Morgan fingerprint density at radius 2 is 1.82 bits per heavy atom. The molecule has 1 atom stereocenters. The minimum atomic E-state index is -0.211. The first-order valence-electron chi connectivity index (χ1n) is 10.1. The Hall–Kier alpha value is -2.11. The van der Waals surface area contributed by atoms with Crippen molar-refractivity contribution in [3.63, 3.8) is 0 Å². The number of methoxy groups -OCH3 is 1. The van der Waals surface area contributed by atoms with Crippen molar-refractivity contribution in [2.75, 3.05) is 40.4 Å². The number of ether oxygens (including phenoxy) is 2. The van der Waals surface area contributed by atoms with Crippen LogP contribution in [0.2, 0.25) is 0 Å². The van der Waals surface area contributed by atoms with Crippen LogP contribution in [0, 0.1) is 11.7 Å². The number of halogens is 1. The van der Waals surface area contributed by atoms with Gasteiger partial charge in [-0.2, -0.15) is 0 Å². The van der Waals surface area contributed by atoms with E-state index in [1.165, 1.54) is 30.0 Å². The van der Waals surface area contributed by atoms with Crippen molar-refractivity contribution in [3.05, 3.63) is 58.9 Å². The molecule has 1 fully saturated rings. The zero-order valence-corrected chi connectivity index (χ0v) is 16.7. The van der Waals surface area contributed by atoms with Gasteiger partial charge in [-0.05, 0) is 73.8 Å². The fourth-order valence-corrected chi connectivity index (χ4v) is 4.36. The van der Waals surface area contributed by atoms with Crippen LogP contribution in [-0.4, -0.2) is 45.3 Å². The highest BCUT2D eigenvalue weighted by Gasteiger charge is 2.27. The molecule has 4 nitrogen and oxygen atoms in total. The van der Waals surface area contributed by atoms with Crippen LogP contribution in [0.25, 0.3) is 0 Å². The van der Waals surface area contributed by atoms with E-state index in [-0.39, 0.29) is 11.7 Å². The third kappa shape index (κ3) is 4.15. The lowest BCUT2D eigenvalue weighted by Crippen LogP contribution is -2.31. The van der Waals surface area contributed by atoms with Gasteiger partial charge in [-0.25, -0.2) is 4.39 Å². The molecule has 2 aliphatic rings. The monoisotopic (exact) mass is 384 g/mol. The van der Waals surface area contributed by atoms with Crippen molar-refractivity contribution >= 4 is 0 Å². The Kier molecular flexibility index (Phi) is 5.83. The number of hydrogen-bond acceptors (Lipinski definition) is 4. The van der Waals surface area contributed by atoms with Gasteiger partial charge in [0.25, 0.3) is 0 Å². The van der Waals surface area contributed by atoms with Crippen LogP contribution in [0.4, 0.5) is 4.39 Å². The molecular formula is C23H29FN2O2. The van der Waals surface area contributed by atoms with E-state index in [4.69, 9.17) is 9.47 Å². The molecule has 0 amide bonds. The first-order chi connectivity index (χ1) is 13.6. The van der Waals surface area contributed by atoms with Gasteiger partial charge in [0.05, 0.1) is 13.7 Å². The van der Waals surface area contributed by atoms with Crippen molar-refractivity contribution in [2.45, 2.75) is 25.3 Å². The van der Waals surface area contributed by atoms with Crippen LogP contribution in [0.3, 0.4) is 0 Å². The molecule has 1 N–H and O–H groups in total. The van der Waals surface area contributed by atoms with Crippen molar-refractivity contribution < 1.29 is 13.9 Å². The van der Waals surface area contributed by atoms with Gasteiger partial charge in [0.2, 0.25) is 0 Å². The standard InChI is InChI=1S/C23H29FN2O2/c1-26-13-17-11-19(28-15-16-7-9-25-10-8-16)4-5-20(17)22(14-26)21-6-3-18(27-2)12-23(21)24/h3-6,11-12,16,22,25H,7-10,13-15H2,1-2H3. The highest BCUT2D eigenvalue weighted by Crippen LogP contribution is 2.37. The van der Waals surface area contributed by atoms with Gasteiger partial charge in [0.1, 0.15) is 17.3 Å². The average molecular weight is 384 g/mol. The van der Waals surface area contributed by atoms with E-state index >= 15 is 0 Å². The van der Waals surface area contributed by atoms with Crippen LogP contribution in [0.15, 0.2) is 36.4 Å². The van der Waals surface area contributed by atoms with E-state index in [2.05, 4.69) is 29.4 Å². The van der Waals surface area contributed by atoms with Crippen molar-refractivity contribution in [1.29, 1.82) is 0 Å². The molecule has 4 rings (SSSR count). The lowest BCUT2D eigenvalue weighted by Gasteiger charge is -2.33. The van der Waals surface area contributed by atoms with Gasteiger partial charge in [-0.3, -0.25) is 0 Å². The zero-order valence-electron chi connectivity index (χ0n) is 16.7. The third-order valence-corrected chi connectivity index (χ3v) is 5.95. The number of likely N-dealkylation sites (N-methyl/N-ethyl adjacent to an activating group) is 1. The molecule has 150 valence electrons. The predicted molar refractivity (Wildman–Crippen MR) is 109 cm³/mol. The molecule has 0 aliphatic carbocycles. The van der Waals surface area contributed by atoms with Gasteiger partial charge in [-0.1, -0.05) is 12.1 Å². The largest absolute Gasteiger partial charge is 0.497 e. The van der Waals surface area contributed by atoms with Gasteiger partial charge in [0.15, 0.2) is 0 Å². The quantitative estimate of drug-likeness (QED) is 0.850. The van der Waals surface area contributed by atoms with Crippen LogP contribution >= 0.6 is 0 Å². The molecule has 0 aromatic heterocycles. The van der Waals surface area contributed by atoms with Crippen molar-refractivity contribution in [3.8, 4) is 11.5 Å². The molecule has 2 aromatic rings. The highest BCUT2D eigenvalue weighted by atomic mass is 19.1. The van der Waals surface area contributed by atoms with E-state index in [9.17, 15) is 4.39 Å². The first-order valence-corrected chi connectivity index (χ1v) is 10.1. The number of hydrogen-bond donors (Lipinski definition) is 1. The average Bonchev–Trinajstić information content (AvgIpc) is 2.72. The molecule has 5 heteroatoms. The van der Waals surface area contributed by atoms with Crippen LogP contribution < -0.4 is 14.8 Å². The van der Waals surface area contributed by atoms with E-state index in [1.54, 1.807) is 7.11 Å². The Bertz CT molecular complexity index is 820. The zero-order chi connectivity index (χ0) is 19.5. The molecular weight excluding hydrogens is 355 g/mol. The van der Waals surface area contributed by atoms with E-state index in [0.717, 1.165) is 44.1 Å². The van der Waals surface area contributed by atoms with Gasteiger partial charge in [-0.15, -0.1) is 0 Å². The van der Waals surface area contributed by atoms with Gasteiger partial charge >= 0.3 is 0 Å². The topological polar surface area (TPSA) is 33.7 Å². The second-order valence-electron chi connectivity index (χ2n) is 8.00. The number of nitrogens with zero attached hydrogens (tertiary/aromatic N) is 1.